The smallest absolute Gasteiger partial charge is 0.231 e. The quantitative estimate of drug-likeness (QED) is 0.170. The minimum Gasteiger partial charge on any atom is -0.409 e. The number of rotatable bonds is 12. The first-order valence-electron chi connectivity index (χ1n) is 8.29. The minimum absolute atomic E-state index is 0.0134. The van der Waals surface area contributed by atoms with E-state index < -0.39 is 5.92 Å². The summed E-state index contributed by atoms with van der Waals surface area (Å²) in [6, 6.07) is 0. The molecule has 1 amide bonds. The van der Waals surface area contributed by atoms with Gasteiger partial charge in [0.25, 0.3) is 0 Å². The first kappa shape index (κ1) is 19.7. The molecular formula is C16H33N3O2. The summed E-state index contributed by atoms with van der Waals surface area (Å²) in [5, 5.41) is 14.6. The van der Waals surface area contributed by atoms with Gasteiger partial charge in [-0.25, -0.2) is 0 Å². The van der Waals surface area contributed by atoms with Crippen molar-refractivity contribution in [1.82, 2.24) is 5.32 Å². The van der Waals surface area contributed by atoms with Gasteiger partial charge in [-0.05, 0) is 12.3 Å². The van der Waals surface area contributed by atoms with Crippen LogP contribution in [0.4, 0.5) is 0 Å². The van der Waals surface area contributed by atoms with Crippen LogP contribution in [-0.4, -0.2) is 23.5 Å². The van der Waals surface area contributed by atoms with Crippen molar-refractivity contribution < 1.29 is 10.0 Å². The molecule has 0 spiro atoms. The molecule has 0 saturated heterocycles. The average Bonchev–Trinajstić information content (AvgIpc) is 2.45. The van der Waals surface area contributed by atoms with Crippen LogP contribution in [0.1, 0.15) is 72.1 Å². The summed E-state index contributed by atoms with van der Waals surface area (Å²) < 4.78 is 0. The van der Waals surface area contributed by atoms with Crippen molar-refractivity contribution in [1.29, 1.82) is 0 Å². The molecule has 0 aliphatic rings. The Morgan fingerprint density at radius 2 is 1.62 bits per heavy atom. The zero-order chi connectivity index (χ0) is 16.1. The Labute approximate surface area is 129 Å². The van der Waals surface area contributed by atoms with Crippen molar-refractivity contribution in [3.05, 3.63) is 0 Å². The van der Waals surface area contributed by atoms with E-state index >= 15 is 0 Å². The maximum Gasteiger partial charge on any atom is 0.231 e. The summed E-state index contributed by atoms with van der Waals surface area (Å²) in [5.41, 5.74) is 5.57. The van der Waals surface area contributed by atoms with Gasteiger partial charge in [0.15, 0.2) is 5.84 Å². The van der Waals surface area contributed by atoms with Gasteiger partial charge in [-0.3, -0.25) is 4.79 Å². The third kappa shape index (κ3) is 9.32. The van der Waals surface area contributed by atoms with Crippen LogP contribution in [-0.2, 0) is 4.79 Å². The van der Waals surface area contributed by atoms with E-state index in [1.54, 1.807) is 0 Å². The lowest BCUT2D eigenvalue weighted by molar-refractivity contribution is -0.124. The van der Waals surface area contributed by atoms with Crippen molar-refractivity contribution in [3.8, 4) is 0 Å². The fourth-order valence-corrected chi connectivity index (χ4v) is 2.42. The van der Waals surface area contributed by atoms with Gasteiger partial charge in [0, 0.05) is 6.54 Å². The molecule has 0 radical (unpaired) electrons. The molecule has 1 unspecified atom stereocenters. The lowest BCUT2D eigenvalue weighted by Crippen LogP contribution is -2.42. The summed E-state index contributed by atoms with van der Waals surface area (Å²) in [6.07, 6.45) is 9.91. The summed E-state index contributed by atoms with van der Waals surface area (Å²) in [5.74, 6) is -0.704. The molecule has 0 aromatic heterocycles. The molecule has 0 heterocycles. The number of unbranched alkanes of at least 4 members (excludes halogenated alkanes) is 7. The van der Waals surface area contributed by atoms with Crippen LogP contribution >= 0.6 is 0 Å². The standard InChI is InChI=1S/C16H33N3O2/c1-4-5-6-7-8-9-10-11-12-18-16(20)14(13(2)3)15(17)19-21/h13-14,21H,4-12H2,1-3H3,(H2,17,19)(H,18,20). The topological polar surface area (TPSA) is 87.7 Å². The molecular weight excluding hydrogens is 266 g/mol. The van der Waals surface area contributed by atoms with E-state index in [1.165, 1.54) is 38.5 Å². The monoisotopic (exact) mass is 299 g/mol. The molecule has 0 aliphatic heterocycles. The number of carbonyl (C=O) groups is 1. The van der Waals surface area contributed by atoms with Crippen molar-refractivity contribution >= 4 is 11.7 Å². The first-order valence-corrected chi connectivity index (χ1v) is 8.29. The Hall–Kier alpha value is -1.26. The number of carbonyl (C=O) groups excluding carboxylic acids is 1. The number of nitrogens with one attached hydrogen (secondary N) is 1. The molecule has 5 heteroatoms. The van der Waals surface area contributed by atoms with Gasteiger partial charge in [0.2, 0.25) is 5.91 Å². The van der Waals surface area contributed by atoms with Gasteiger partial charge in [0.1, 0.15) is 5.92 Å². The molecule has 0 rings (SSSR count). The number of oxime groups is 1. The number of amides is 1. The van der Waals surface area contributed by atoms with E-state index in [0.29, 0.717) is 6.54 Å². The van der Waals surface area contributed by atoms with Crippen LogP contribution in [0.15, 0.2) is 5.16 Å². The molecule has 4 N–H and O–H groups in total. The maximum atomic E-state index is 12.0. The fraction of sp³-hybridized carbons (Fsp3) is 0.875. The number of nitrogens with two attached hydrogens (primary N) is 1. The summed E-state index contributed by atoms with van der Waals surface area (Å²) in [7, 11) is 0. The summed E-state index contributed by atoms with van der Waals surface area (Å²) >= 11 is 0. The van der Waals surface area contributed by atoms with Crippen molar-refractivity contribution in [2.24, 2.45) is 22.7 Å². The zero-order valence-electron chi connectivity index (χ0n) is 13.9. The molecule has 0 fully saturated rings. The lowest BCUT2D eigenvalue weighted by Gasteiger charge is -2.18. The third-order valence-corrected chi connectivity index (χ3v) is 3.71. The number of hydrogen-bond acceptors (Lipinski definition) is 3. The van der Waals surface area contributed by atoms with E-state index in [4.69, 9.17) is 10.9 Å². The SMILES string of the molecule is CCCCCCCCCCNC(=O)C(C(N)=NO)C(C)C. The maximum absolute atomic E-state index is 12.0. The van der Waals surface area contributed by atoms with Crippen LogP contribution in [0.5, 0.6) is 0 Å². The Morgan fingerprint density at radius 1 is 1.10 bits per heavy atom. The van der Waals surface area contributed by atoms with Crippen molar-refractivity contribution in [2.45, 2.75) is 72.1 Å². The molecule has 21 heavy (non-hydrogen) atoms. The normalized spacial score (nSPS) is 13.4. The van der Waals surface area contributed by atoms with Gasteiger partial charge >= 0.3 is 0 Å². The second-order valence-corrected chi connectivity index (χ2v) is 6.01. The van der Waals surface area contributed by atoms with Crippen LogP contribution in [0, 0.1) is 11.8 Å². The first-order chi connectivity index (χ1) is 10.0. The van der Waals surface area contributed by atoms with Gasteiger partial charge in [-0.1, -0.05) is 70.9 Å². The van der Waals surface area contributed by atoms with Crippen molar-refractivity contribution in [3.63, 3.8) is 0 Å². The number of nitrogens with zero attached hydrogens (tertiary/aromatic N) is 1. The summed E-state index contributed by atoms with van der Waals surface area (Å²) in [4.78, 5) is 12.0. The predicted octanol–water partition coefficient (Wildman–Crippen LogP) is 3.26. The highest BCUT2D eigenvalue weighted by Crippen LogP contribution is 2.12. The molecule has 0 bridgehead atoms. The van der Waals surface area contributed by atoms with Gasteiger partial charge in [0.05, 0.1) is 0 Å². The zero-order valence-corrected chi connectivity index (χ0v) is 13.9. The van der Waals surface area contributed by atoms with E-state index in [9.17, 15) is 4.79 Å². The molecule has 0 aromatic carbocycles. The Morgan fingerprint density at radius 3 is 2.10 bits per heavy atom. The van der Waals surface area contributed by atoms with Gasteiger partial charge in [-0.2, -0.15) is 0 Å². The summed E-state index contributed by atoms with van der Waals surface area (Å²) in [6.45, 7) is 6.66. The van der Waals surface area contributed by atoms with E-state index in [0.717, 1.165) is 12.8 Å². The molecule has 0 aliphatic carbocycles. The highest BCUT2D eigenvalue weighted by molar-refractivity contribution is 6.02. The Balaban J connectivity index is 3.73. The molecule has 5 nitrogen and oxygen atoms in total. The van der Waals surface area contributed by atoms with E-state index in [1.807, 2.05) is 13.8 Å². The lowest BCUT2D eigenvalue weighted by atomic mass is 9.94. The van der Waals surface area contributed by atoms with E-state index in [-0.39, 0.29) is 17.7 Å². The predicted molar refractivity (Wildman–Crippen MR) is 87.4 cm³/mol. The van der Waals surface area contributed by atoms with Gasteiger partial charge < -0.3 is 16.3 Å². The molecule has 0 aromatic rings. The van der Waals surface area contributed by atoms with E-state index in [2.05, 4.69) is 17.4 Å². The second-order valence-electron chi connectivity index (χ2n) is 6.01. The molecule has 0 saturated carbocycles. The Kier molecular flexibility index (Phi) is 11.7. The van der Waals surface area contributed by atoms with Crippen molar-refractivity contribution in [2.75, 3.05) is 6.54 Å². The number of hydrogen-bond donors (Lipinski definition) is 3. The molecule has 1 atom stereocenters. The second kappa shape index (κ2) is 12.5. The van der Waals surface area contributed by atoms with Gasteiger partial charge in [-0.15, -0.1) is 0 Å². The largest absolute Gasteiger partial charge is 0.409 e. The highest BCUT2D eigenvalue weighted by Gasteiger charge is 2.26. The Bertz CT molecular complexity index is 304. The van der Waals surface area contributed by atoms with Crippen LogP contribution < -0.4 is 11.1 Å². The highest BCUT2D eigenvalue weighted by atomic mass is 16.4. The van der Waals surface area contributed by atoms with Crippen LogP contribution in [0.2, 0.25) is 0 Å². The van der Waals surface area contributed by atoms with Crippen LogP contribution in [0.3, 0.4) is 0 Å². The third-order valence-electron chi connectivity index (χ3n) is 3.71. The number of amidine groups is 1. The molecule has 124 valence electrons. The minimum atomic E-state index is -0.552. The average molecular weight is 299 g/mol. The fourth-order valence-electron chi connectivity index (χ4n) is 2.42. The van der Waals surface area contributed by atoms with Crippen LogP contribution in [0.25, 0.3) is 0 Å².